The number of carbonyl (C=O) groups is 1. The van der Waals surface area contributed by atoms with Gasteiger partial charge in [0.15, 0.2) is 5.69 Å². The van der Waals surface area contributed by atoms with E-state index >= 15 is 0 Å². The molecule has 0 saturated heterocycles. The molecule has 1 unspecified atom stereocenters. The molecule has 18 heavy (non-hydrogen) atoms. The average molecular weight is 261 g/mol. The van der Waals surface area contributed by atoms with Crippen LogP contribution in [0, 0.1) is 17.0 Å². The highest BCUT2D eigenvalue weighted by atomic mass is 19.1. The first kappa shape index (κ1) is 13.9. The van der Waals surface area contributed by atoms with Crippen LogP contribution in [-0.2, 0) is 9.53 Å². The predicted octanol–water partition coefficient (Wildman–Crippen LogP) is 0.430. The highest BCUT2D eigenvalue weighted by Gasteiger charge is 2.23. The van der Waals surface area contributed by atoms with Crippen LogP contribution >= 0.6 is 0 Å². The minimum Gasteiger partial charge on any atom is -0.462 e. The number of nitro groups is 1. The molecule has 100 valence electrons. The highest BCUT2D eigenvalue weighted by molar-refractivity contribution is 5.65. The van der Waals surface area contributed by atoms with Crippen molar-refractivity contribution in [3.05, 3.63) is 22.0 Å². The molecule has 9 heteroatoms. The van der Waals surface area contributed by atoms with Gasteiger partial charge in [-0.2, -0.15) is 0 Å². The maximum Gasteiger partial charge on any atom is 0.471 e. The number of ether oxygens (including phenoxy) is 1. The summed E-state index contributed by atoms with van der Waals surface area (Å²) in [5, 5.41) is 10.6. The van der Waals surface area contributed by atoms with E-state index < -0.39 is 29.6 Å². The number of nitrogens with zero attached hydrogens (tertiary/aromatic N) is 3. The van der Waals surface area contributed by atoms with E-state index in [1.165, 1.54) is 20.0 Å². The maximum atomic E-state index is 12.6. The molecule has 0 spiro atoms. The number of aromatic nitrogens is 2. The van der Waals surface area contributed by atoms with Gasteiger partial charge in [0.2, 0.25) is 6.10 Å². The molecule has 1 atom stereocenters. The molecule has 0 aliphatic rings. The van der Waals surface area contributed by atoms with Crippen molar-refractivity contribution in [1.82, 2.24) is 9.71 Å². The second-order valence-electron chi connectivity index (χ2n) is 3.45. The Morgan fingerprint density at radius 2 is 2.39 bits per heavy atom. The van der Waals surface area contributed by atoms with E-state index in [1.54, 1.807) is 0 Å². The maximum absolute atomic E-state index is 12.6. The highest BCUT2D eigenvalue weighted by Crippen LogP contribution is 2.10. The number of hydrogen-bond donors (Lipinski definition) is 0. The molecule has 0 bridgehead atoms. The fraction of sp³-hybridized carbons (Fsp3) is 0.556. The third kappa shape index (κ3) is 3.68. The van der Waals surface area contributed by atoms with Crippen molar-refractivity contribution in [2.24, 2.45) is 0 Å². The molecule has 1 aromatic rings. The molecule has 1 heterocycles. The number of halogens is 1. The third-order valence-corrected chi connectivity index (χ3v) is 1.85. The molecule has 8 nitrogen and oxygen atoms in total. The summed E-state index contributed by atoms with van der Waals surface area (Å²) in [6.45, 7) is 1.41. The third-order valence-electron chi connectivity index (χ3n) is 1.85. The van der Waals surface area contributed by atoms with Crippen molar-refractivity contribution in [3.63, 3.8) is 0 Å². The Labute approximate surface area is 101 Å². The first-order chi connectivity index (χ1) is 8.43. The summed E-state index contributed by atoms with van der Waals surface area (Å²) in [4.78, 5) is 29.0. The van der Waals surface area contributed by atoms with Gasteiger partial charge in [-0.1, -0.05) is 9.71 Å². The summed E-state index contributed by atoms with van der Waals surface area (Å²) in [6, 6.07) is 0. The van der Waals surface area contributed by atoms with Crippen LogP contribution in [0.2, 0.25) is 0 Å². The van der Waals surface area contributed by atoms with Gasteiger partial charge in [-0.05, 0) is 11.8 Å². The van der Waals surface area contributed by atoms with Crippen LogP contribution in [0.1, 0.15) is 12.6 Å². The summed E-state index contributed by atoms with van der Waals surface area (Å²) in [7, 11) is 0. The number of esters is 1. The quantitative estimate of drug-likeness (QED) is 0.418. The van der Waals surface area contributed by atoms with E-state index in [2.05, 4.69) is 9.72 Å². The van der Waals surface area contributed by atoms with Crippen LogP contribution in [0.15, 0.2) is 6.20 Å². The summed E-state index contributed by atoms with van der Waals surface area (Å²) in [6.07, 6.45) is 0.121. The van der Waals surface area contributed by atoms with Crippen LogP contribution in [0.4, 0.5) is 10.3 Å². The van der Waals surface area contributed by atoms with Gasteiger partial charge in [-0.25, -0.2) is 4.39 Å². The molecule has 0 fully saturated rings. The SMILES string of the molecule is CC(=O)OCC(CF)On1cc(C)nc1[N+](=O)[O-]. The predicted molar refractivity (Wildman–Crippen MR) is 56.6 cm³/mol. The number of aryl methyl sites for hydroxylation is 1. The molecule has 0 saturated carbocycles. The molecule has 0 aliphatic heterocycles. The Kier molecular flexibility index (Phi) is 4.58. The van der Waals surface area contributed by atoms with Gasteiger partial charge < -0.3 is 19.7 Å². The number of hydrogen-bond acceptors (Lipinski definition) is 6. The lowest BCUT2D eigenvalue weighted by molar-refractivity contribution is -0.402. The molecule has 1 rings (SSSR count). The van der Waals surface area contributed by atoms with E-state index in [1.807, 2.05) is 0 Å². The Bertz CT molecular complexity index is 447. The fourth-order valence-corrected chi connectivity index (χ4v) is 1.14. The fourth-order valence-electron chi connectivity index (χ4n) is 1.14. The number of carbonyl (C=O) groups excluding carboxylic acids is 1. The smallest absolute Gasteiger partial charge is 0.462 e. The minimum absolute atomic E-state index is 0.333. The van der Waals surface area contributed by atoms with E-state index in [-0.39, 0.29) is 6.61 Å². The summed E-state index contributed by atoms with van der Waals surface area (Å²) >= 11 is 0. The Morgan fingerprint density at radius 3 is 2.89 bits per heavy atom. The van der Waals surface area contributed by atoms with Gasteiger partial charge in [0.25, 0.3) is 0 Å². The van der Waals surface area contributed by atoms with Crippen molar-refractivity contribution in [2.45, 2.75) is 20.0 Å². The normalized spacial score (nSPS) is 11.9. The first-order valence-corrected chi connectivity index (χ1v) is 5.01. The summed E-state index contributed by atoms with van der Waals surface area (Å²) in [5.74, 6) is -1.15. The number of alkyl halides is 1. The van der Waals surface area contributed by atoms with Crippen LogP contribution < -0.4 is 4.84 Å². The van der Waals surface area contributed by atoms with Gasteiger partial charge in [0.1, 0.15) is 19.5 Å². The second kappa shape index (κ2) is 5.94. The first-order valence-electron chi connectivity index (χ1n) is 5.01. The largest absolute Gasteiger partial charge is 0.471 e. The standard InChI is InChI=1S/C9H12FN3O5/c1-6-4-12(9(11-6)13(15)16)18-8(3-10)5-17-7(2)14/h4,8H,3,5H2,1-2H3. The molecule has 0 N–H and O–H groups in total. The monoisotopic (exact) mass is 261 g/mol. The lowest BCUT2D eigenvalue weighted by atomic mass is 10.4. The van der Waals surface area contributed by atoms with Crippen LogP contribution in [0.25, 0.3) is 0 Å². The van der Waals surface area contributed by atoms with Crippen molar-refractivity contribution in [1.29, 1.82) is 0 Å². The molecule has 0 aromatic carbocycles. The van der Waals surface area contributed by atoms with Gasteiger partial charge in [-0.3, -0.25) is 4.79 Å². The lowest BCUT2D eigenvalue weighted by Crippen LogP contribution is -2.32. The molecular weight excluding hydrogens is 249 g/mol. The van der Waals surface area contributed by atoms with Crippen molar-refractivity contribution >= 4 is 11.9 Å². The topological polar surface area (TPSA) is 96.5 Å². The van der Waals surface area contributed by atoms with E-state index in [4.69, 9.17) is 4.84 Å². The molecular formula is C9H12FN3O5. The number of imidazole rings is 1. The molecule has 0 aliphatic carbocycles. The van der Waals surface area contributed by atoms with Crippen molar-refractivity contribution < 1.29 is 23.7 Å². The van der Waals surface area contributed by atoms with Gasteiger partial charge in [-0.15, -0.1) is 0 Å². The van der Waals surface area contributed by atoms with Gasteiger partial charge in [0.05, 0.1) is 0 Å². The number of rotatable bonds is 6. The van der Waals surface area contributed by atoms with Crippen LogP contribution in [-0.4, -0.2) is 40.0 Å². The van der Waals surface area contributed by atoms with Crippen molar-refractivity contribution in [3.8, 4) is 0 Å². The second-order valence-corrected chi connectivity index (χ2v) is 3.45. The molecule has 0 amide bonds. The van der Waals surface area contributed by atoms with Crippen molar-refractivity contribution in [2.75, 3.05) is 13.3 Å². The van der Waals surface area contributed by atoms with E-state index in [0.29, 0.717) is 5.69 Å². The summed E-state index contributed by atoms with van der Waals surface area (Å²) < 4.78 is 17.9. The lowest BCUT2D eigenvalue weighted by Gasteiger charge is -2.12. The zero-order valence-corrected chi connectivity index (χ0v) is 9.83. The molecule has 1 aromatic heterocycles. The van der Waals surface area contributed by atoms with Crippen LogP contribution in [0.3, 0.4) is 0 Å². The zero-order chi connectivity index (χ0) is 13.7. The van der Waals surface area contributed by atoms with Gasteiger partial charge in [0, 0.05) is 6.92 Å². The average Bonchev–Trinajstić information content (AvgIpc) is 2.65. The van der Waals surface area contributed by atoms with E-state index in [0.717, 1.165) is 4.73 Å². The molecule has 0 radical (unpaired) electrons. The zero-order valence-electron chi connectivity index (χ0n) is 9.83. The van der Waals surface area contributed by atoms with Gasteiger partial charge >= 0.3 is 11.9 Å². The van der Waals surface area contributed by atoms with E-state index in [9.17, 15) is 19.3 Å². The van der Waals surface area contributed by atoms with Crippen LogP contribution in [0.5, 0.6) is 0 Å². The summed E-state index contributed by atoms with van der Waals surface area (Å²) in [5.41, 5.74) is 0.354. The Hall–Kier alpha value is -2.19. The minimum atomic E-state index is -1.12. The Morgan fingerprint density at radius 1 is 1.72 bits per heavy atom. The Balaban J connectivity index is 2.74.